The second-order valence-corrected chi connectivity index (χ2v) is 3.98. The Morgan fingerprint density at radius 3 is 2.59 bits per heavy atom. The average molecular weight is 229 g/mol. The average Bonchev–Trinajstić information content (AvgIpc) is 2.35. The van der Waals surface area contributed by atoms with Gasteiger partial charge in [0.1, 0.15) is 0 Å². The normalized spacial score (nSPS) is 13.4. The molecule has 1 rings (SSSR count). The Hall–Kier alpha value is -2.08. The van der Waals surface area contributed by atoms with Crippen LogP contribution in [0.2, 0.25) is 0 Å². The fraction of sp³-hybridized carbons (Fsp3) is 0.286. The predicted molar refractivity (Wildman–Crippen MR) is 65.3 cm³/mol. The Balaban J connectivity index is 2.78. The number of carboxylic acids is 1. The number of nitriles is 1. The van der Waals surface area contributed by atoms with Crippen LogP contribution in [0.3, 0.4) is 0 Å². The van der Waals surface area contributed by atoms with Gasteiger partial charge < -0.3 is 5.11 Å². The molecule has 1 N–H and O–H groups in total. The summed E-state index contributed by atoms with van der Waals surface area (Å²) in [5.41, 5.74) is -0.310. The molecule has 1 atom stereocenters. The van der Waals surface area contributed by atoms with Crippen LogP contribution < -0.4 is 0 Å². The molecule has 0 aliphatic rings. The van der Waals surface area contributed by atoms with Gasteiger partial charge in [-0.25, -0.2) is 0 Å². The van der Waals surface area contributed by atoms with Gasteiger partial charge in [0.05, 0.1) is 6.07 Å². The zero-order valence-corrected chi connectivity index (χ0v) is 9.60. The molecule has 0 fully saturated rings. The summed E-state index contributed by atoms with van der Waals surface area (Å²) in [6.45, 7) is 3.52. The van der Waals surface area contributed by atoms with E-state index in [1.165, 1.54) is 6.08 Å². The lowest BCUT2D eigenvalue weighted by molar-refractivity contribution is -0.145. The number of aliphatic carboxylic acids is 1. The molecule has 0 aliphatic carbocycles. The van der Waals surface area contributed by atoms with E-state index in [9.17, 15) is 4.79 Å². The third kappa shape index (κ3) is 3.18. The molecule has 1 aromatic carbocycles. The van der Waals surface area contributed by atoms with E-state index < -0.39 is 11.4 Å². The highest BCUT2D eigenvalue weighted by atomic mass is 16.4. The molecule has 0 heterocycles. The van der Waals surface area contributed by atoms with Crippen molar-refractivity contribution in [1.82, 2.24) is 0 Å². The lowest BCUT2D eigenvalue weighted by atomic mass is 9.80. The van der Waals surface area contributed by atoms with Crippen molar-refractivity contribution in [3.05, 3.63) is 48.6 Å². The van der Waals surface area contributed by atoms with E-state index in [2.05, 4.69) is 6.58 Å². The second-order valence-electron chi connectivity index (χ2n) is 3.98. The van der Waals surface area contributed by atoms with Crippen LogP contribution in [0.1, 0.15) is 18.4 Å². The molecule has 88 valence electrons. The molecule has 0 aliphatic heterocycles. The van der Waals surface area contributed by atoms with Crippen molar-refractivity contribution in [2.45, 2.75) is 19.3 Å². The van der Waals surface area contributed by atoms with Crippen molar-refractivity contribution in [1.29, 1.82) is 5.26 Å². The van der Waals surface area contributed by atoms with E-state index in [-0.39, 0.29) is 6.42 Å². The molecule has 0 saturated carbocycles. The highest BCUT2D eigenvalue weighted by Crippen LogP contribution is 2.28. The molecule has 0 amide bonds. The van der Waals surface area contributed by atoms with Crippen LogP contribution in [0.5, 0.6) is 0 Å². The summed E-state index contributed by atoms with van der Waals surface area (Å²) in [7, 11) is 0. The fourth-order valence-electron chi connectivity index (χ4n) is 1.69. The van der Waals surface area contributed by atoms with E-state index in [1.54, 1.807) is 0 Å². The maximum Gasteiger partial charge on any atom is 0.324 e. The zero-order valence-electron chi connectivity index (χ0n) is 9.60. The molecular formula is C14H15NO2. The minimum Gasteiger partial charge on any atom is -0.480 e. The van der Waals surface area contributed by atoms with Gasteiger partial charge in [0.15, 0.2) is 5.41 Å². The molecule has 17 heavy (non-hydrogen) atoms. The Morgan fingerprint density at radius 1 is 1.47 bits per heavy atom. The molecule has 3 nitrogen and oxygen atoms in total. The van der Waals surface area contributed by atoms with Crippen molar-refractivity contribution in [3.63, 3.8) is 0 Å². The van der Waals surface area contributed by atoms with E-state index >= 15 is 0 Å². The quantitative estimate of drug-likeness (QED) is 0.763. The largest absolute Gasteiger partial charge is 0.480 e. The molecule has 1 aromatic rings. The van der Waals surface area contributed by atoms with Crippen LogP contribution in [-0.4, -0.2) is 11.1 Å². The standard InChI is InChI=1S/C14H15NO2/c1-2-9-14(11-15,13(16)17)10-8-12-6-4-3-5-7-12/h2-7H,1,8-10H2,(H,16,17). The third-order valence-corrected chi connectivity index (χ3v) is 2.80. The smallest absolute Gasteiger partial charge is 0.324 e. The second kappa shape index (κ2) is 5.86. The number of hydrogen-bond donors (Lipinski definition) is 1. The van der Waals surface area contributed by atoms with E-state index in [4.69, 9.17) is 10.4 Å². The Kier molecular flexibility index (Phi) is 4.47. The van der Waals surface area contributed by atoms with Crippen LogP contribution in [-0.2, 0) is 11.2 Å². The summed E-state index contributed by atoms with van der Waals surface area (Å²) < 4.78 is 0. The molecule has 0 saturated heterocycles. The molecule has 1 unspecified atom stereocenters. The number of carbonyl (C=O) groups is 1. The van der Waals surface area contributed by atoms with Crippen LogP contribution in [0.25, 0.3) is 0 Å². The fourth-order valence-corrected chi connectivity index (χ4v) is 1.69. The number of rotatable bonds is 6. The topological polar surface area (TPSA) is 61.1 Å². The maximum atomic E-state index is 11.2. The number of aryl methyl sites for hydroxylation is 1. The van der Waals surface area contributed by atoms with E-state index in [0.717, 1.165) is 5.56 Å². The first kappa shape index (κ1) is 13.0. The van der Waals surface area contributed by atoms with Gasteiger partial charge in [-0.3, -0.25) is 4.79 Å². The monoisotopic (exact) mass is 229 g/mol. The zero-order chi connectivity index (χ0) is 12.7. The summed E-state index contributed by atoms with van der Waals surface area (Å²) in [4.78, 5) is 11.2. The van der Waals surface area contributed by atoms with Gasteiger partial charge in [-0.2, -0.15) is 5.26 Å². The molecular weight excluding hydrogens is 214 g/mol. The molecule has 3 heteroatoms. The first-order chi connectivity index (χ1) is 8.14. The van der Waals surface area contributed by atoms with Crippen molar-refractivity contribution in [2.24, 2.45) is 5.41 Å². The first-order valence-corrected chi connectivity index (χ1v) is 5.44. The van der Waals surface area contributed by atoms with Gasteiger partial charge in [-0.05, 0) is 24.8 Å². The molecule has 0 spiro atoms. The van der Waals surface area contributed by atoms with Gasteiger partial charge in [-0.15, -0.1) is 6.58 Å². The predicted octanol–water partition coefficient (Wildman–Crippen LogP) is 2.79. The van der Waals surface area contributed by atoms with Gasteiger partial charge in [-0.1, -0.05) is 36.4 Å². The van der Waals surface area contributed by atoms with Crippen LogP contribution in [0, 0.1) is 16.7 Å². The minimum atomic E-state index is -1.35. The van der Waals surface area contributed by atoms with Gasteiger partial charge in [0, 0.05) is 0 Å². The van der Waals surface area contributed by atoms with Crippen molar-refractivity contribution in [2.75, 3.05) is 0 Å². The Bertz CT molecular complexity index is 433. The lowest BCUT2D eigenvalue weighted by Gasteiger charge is -2.19. The Labute approximate surface area is 101 Å². The number of carboxylic acid groups (broad SMARTS) is 1. The molecule has 0 bridgehead atoms. The maximum absolute atomic E-state index is 11.2. The number of nitrogens with zero attached hydrogens (tertiary/aromatic N) is 1. The summed E-state index contributed by atoms with van der Waals surface area (Å²) in [5, 5.41) is 18.2. The van der Waals surface area contributed by atoms with Crippen molar-refractivity contribution >= 4 is 5.97 Å². The summed E-state index contributed by atoms with van der Waals surface area (Å²) in [6.07, 6.45) is 2.54. The highest BCUT2D eigenvalue weighted by Gasteiger charge is 2.37. The van der Waals surface area contributed by atoms with E-state index in [0.29, 0.717) is 12.8 Å². The van der Waals surface area contributed by atoms with Crippen molar-refractivity contribution < 1.29 is 9.90 Å². The van der Waals surface area contributed by atoms with Crippen molar-refractivity contribution in [3.8, 4) is 6.07 Å². The van der Waals surface area contributed by atoms with Crippen LogP contribution >= 0.6 is 0 Å². The first-order valence-electron chi connectivity index (χ1n) is 5.44. The van der Waals surface area contributed by atoms with Gasteiger partial charge in [0.2, 0.25) is 0 Å². The van der Waals surface area contributed by atoms with E-state index in [1.807, 2.05) is 36.4 Å². The molecule has 0 aromatic heterocycles. The highest BCUT2D eigenvalue weighted by molar-refractivity contribution is 5.78. The van der Waals surface area contributed by atoms with Gasteiger partial charge >= 0.3 is 5.97 Å². The minimum absolute atomic E-state index is 0.172. The number of benzene rings is 1. The molecule has 0 radical (unpaired) electrons. The summed E-state index contributed by atoms with van der Waals surface area (Å²) in [5.74, 6) is -1.07. The number of allylic oxidation sites excluding steroid dienone is 1. The number of hydrogen-bond acceptors (Lipinski definition) is 2. The van der Waals surface area contributed by atoms with Crippen LogP contribution in [0.15, 0.2) is 43.0 Å². The van der Waals surface area contributed by atoms with Gasteiger partial charge in [0.25, 0.3) is 0 Å². The Morgan fingerprint density at radius 2 is 2.12 bits per heavy atom. The summed E-state index contributed by atoms with van der Waals surface area (Å²) >= 11 is 0. The lowest BCUT2D eigenvalue weighted by Crippen LogP contribution is -2.29. The summed E-state index contributed by atoms with van der Waals surface area (Å²) in [6, 6.07) is 11.5. The third-order valence-electron chi connectivity index (χ3n) is 2.80. The van der Waals surface area contributed by atoms with Crippen LogP contribution in [0.4, 0.5) is 0 Å². The SMILES string of the molecule is C=CCC(C#N)(CCc1ccccc1)C(=O)O.